The van der Waals surface area contributed by atoms with Gasteiger partial charge in [-0.2, -0.15) is 0 Å². The fourth-order valence-electron chi connectivity index (χ4n) is 4.25. The SMILES string of the molecule is [B]c1ccc(Nc2cc(=O)n(C)c3c2c(=O)n(C2CC2)c(=O)n3-c2cccc(NS(C)(=O)=O)c2)c(F)c1. The second-order valence-electron chi connectivity index (χ2n) is 8.97. The minimum atomic E-state index is -3.61. The molecule has 0 amide bonds. The van der Waals surface area contributed by atoms with Gasteiger partial charge in [0.15, 0.2) is 0 Å². The molecule has 37 heavy (non-hydrogen) atoms. The van der Waals surface area contributed by atoms with Crippen LogP contribution in [-0.4, -0.2) is 36.2 Å². The van der Waals surface area contributed by atoms with Gasteiger partial charge in [-0.1, -0.05) is 17.6 Å². The molecule has 1 fully saturated rings. The second kappa shape index (κ2) is 8.77. The molecule has 0 atom stereocenters. The van der Waals surface area contributed by atoms with E-state index in [0.717, 1.165) is 27.5 Å². The Morgan fingerprint density at radius 2 is 1.76 bits per heavy atom. The average Bonchev–Trinajstić information content (AvgIpc) is 3.63. The van der Waals surface area contributed by atoms with Crippen LogP contribution in [-0.2, 0) is 17.1 Å². The Bertz CT molecular complexity index is 1880. The molecule has 0 spiro atoms. The molecular weight excluding hydrogens is 500 g/mol. The van der Waals surface area contributed by atoms with Gasteiger partial charge in [0.2, 0.25) is 10.0 Å². The van der Waals surface area contributed by atoms with E-state index in [1.807, 2.05) is 0 Å². The Hall–Kier alpha value is -4.13. The molecule has 2 N–H and O–H groups in total. The maximum Gasteiger partial charge on any atom is 0.337 e. The number of aromatic nitrogens is 3. The Morgan fingerprint density at radius 3 is 2.41 bits per heavy atom. The first-order chi connectivity index (χ1) is 17.4. The van der Waals surface area contributed by atoms with Crippen molar-refractivity contribution in [2.24, 2.45) is 7.05 Å². The standard InChI is InChI=1S/C24H21BFN5O5S/c1-29-20(32)12-19(27-18-9-6-13(25)10-17(18)26)21-22(29)30(24(34)31(23(21)33)15-7-8-15)16-5-3-4-14(11-16)28-37(2,35)36/h3-6,9-12,15,27-28H,7-8H2,1-2H3. The topological polar surface area (TPSA) is 124 Å². The number of hydrogen-bond donors (Lipinski definition) is 2. The number of nitrogens with one attached hydrogen (secondary N) is 2. The number of halogens is 1. The highest BCUT2D eigenvalue weighted by molar-refractivity contribution is 7.92. The van der Waals surface area contributed by atoms with Gasteiger partial charge < -0.3 is 5.32 Å². The minimum Gasteiger partial charge on any atom is -0.352 e. The number of aryl methyl sites for hydroxylation is 1. The Morgan fingerprint density at radius 1 is 1.03 bits per heavy atom. The van der Waals surface area contributed by atoms with E-state index in [4.69, 9.17) is 7.85 Å². The normalized spacial score (nSPS) is 13.6. The van der Waals surface area contributed by atoms with Gasteiger partial charge in [0.05, 0.1) is 29.0 Å². The number of benzene rings is 2. The predicted molar refractivity (Wildman–Crippen MR) is 141 cm³/mol. The zero-order chi connectivity index (χ0) is 26.6. The number of anilines is 3. The third-order valence-corrected chi connectivity index (χ3v) is 6.64. The van der Waals surface area contributed by atoms with Crippen molar-refractivity contribution in [1.82, 2.24) is 13.7 Å². The lowest BCUT2D eigenvalue weighted by Crippen LogP contribution is -2.41. The molecule has 0 bridgehead atoms. The molecule has 2 aromatic carbocycles. The summed E-state index contributed by atoms with van der Waals surface area (Å²) in [5, 5.41) is 2.81. The molecule has 4 aromatic rings. The van der Waals surface area contributed by atoms with Crippen LogP contribution in [0.1, 0.15) is 18.9 Å². The fourth-order valence-corrected chi connectivity index (χ4v) is 4.80. The summed E-state index contributed by atoms with van der Waals surface area (Å²) in [6, 6.07) is 10.8. The molecule has 1 aliphatic rings. The van der Waals surface area contributed by atoms with Crippen LogP contribution in [0, 0.1) is 5.82 Å². The summed E-state index contributed by atoms with van der Waals surface area (Å²) in [6.07, 6.45) is 2.24. The van der Waals surface area contributed by atoms with Gasteiger partial charge in [0.1, 0.15) is 24.7 Å². The van der Waals surface area contributed by atoms with Gasteiger partial charge in [0.25, 0.3) is 11.1 Å². The van der Waals surface area contributed by atoms with Crippen molar-refractivity contribution in [3.8, 4) is 5.69 Å². The quantitative estimate of drug-likeness (QED) is 0.368. The monoisotopic (exact) mass is 521 g/mol. The first-order valence-corrected chi connectivity index (χ1v) is 13.2. The summed E-state index contributed by atoms with van der Waals surface area (Å²) in [5.41, 5.74) is -1.29. The lowest BCUT2D eigenvalue weighted by molar-refractivity contribution is 0.607. The third kappa shape index (κ3) is 4.57. The van der Waals surface area contributed by atoms with E-state index < -0.39 is 32.6 Å². The van der Waals surface area contributed by atoms with Crippen LogP contribution < -0.4 is 32.3 Å². The Kier molecular flexibility index (Phi) is 5.82. The van der Waals surface area contributed by atoms with E-state index in [0.29, 0.717) is 12.8 Å². The van der Waals surface area contributed by atoms with Crippen molar-refractivity contribution in [2.75, 3.05) is 16.3 Å². The van der Waals surface area contributed by atoms with Crippen molar-refractivity contribution in [3.63, 3.8) is 0 Å². The van der Waals surface area contributed by atoms with Gasteiger partial charge in [0, 0.05) is 19.2 Å². The molecule has 10 nitrogen and oxygen atoms in total. The smallest absolute Gasteiger partial charge is 0.337 e. The van der Waals surface area contributed by atoms with Gasteiger partial charge in [-0.25, -0.2) is 22.2 Å². The first-order valence-electron chi connectivity index (χ1n) is 11.3. The summed E-state index contributed by atoms with van der Waals surface area (Å²) < 4.78 is 44.0. The maximum atomic E-state index is 14.6. The maximum absolute atomic E-state index is 14.6. The first kappa shape index (κ1) is 24.6. The van der Waals surface area contributed by atoms with Crippen LogP contribution in [0.2, 0.25) is 0 Å². The molecule has 5 rings (SSSR count). The van der Waals surface area contributed by atoms with Crippen LogP contribution in [0.3, 0.4) is 0 Å². The third-order valence-electron chi connectivity index (χ3n) is 6.03. The lowest BCUT2D eigenvalue weighted by atomic mass is 9.96. The van der Waals surface area contributed by atoms with Gasteiger partial charge in [-0.05, 0) is 43.2 Å². The highest BCUT2D eigenvalue weighted by Crippen LogP contribution is 2.33. The highest BCUT2D eigenvalue weighted by atomic mass is 32.2. The summed E-state index contributed by atoms with van der Waals surface area (Å²) in [5.74, 6) is -0.691. The molecule has 13 heteroatoms. The average molecular weight is 521 g/mol. The molecule has 1 aliphatic carbocycles. The van der Waals surface area contributed by atoms with Crippen LogP contribution in [0.4, 0.5) is 21.5 Å². The summed E-state index contributed by atoms with van der Waals surface area (Å²) in [7, 11) is 3.43. The Balaban J connectivity index is 1.86. The number of fused-ring (bicyclic) bond motifs is 1. The predicted octanol–water partition coefficient (Wildman–Crippen LogP) is 1.23. The van der Waals surface area contributed by atoms with E-state index in [9.17, 15) is 27.2 Å². The number of pyridine rings is 1. The molecule has 0 unspecified atom stereocenters. The molecule has 2 aromatic heterocycles. The van der Waals surface area contributed by atoms with Crippen molar-refractivity contribution < 1.29 is 12.8 Å². The number of rotatable bonds is 6. The van der Waals surface area contributed by atoms with Crippen LogP contribution in [0.15, 0.2) is 62.9 Å². The molecule has 188 valence electrons. The zero-order valence-corrected chi connectivity index (χ0v) is 20.7. The van der Waals surface area contributed by atoms with Gasteiger partial charge in [-0.3, -0.25) is 23.4 Å². The lowest BCUT2D eigenvalue weighted by Gasteiger charge is -2.19. The molecule has 0 saturated heterocycles. The summed E-state index contributed by atoms with van der Waals surface area (Å²) >= 11 is 0. The molecule has 2 heterocycles. The van der Waals surface area contributed by atoms with Gasteiger partial charge in [-0.15, -0.1) is 0 Å². The van der Waals surface area contributed by atoms with Crippen LogP contribution in [0.5, 0.6) is 0 Å². The number of sulfonamides is 1. The van der Waals surface area contributed by atoms with E-state index in [2.05, 4.69) is 10.0 Å². The highest BCUT2D eigenvalue weighted by Gasteiger charge is 2.31. The van der Waals surface area contributed by atoms with Crippen molar-refractivity contribution in [2.45, 2.75) is 18.9 Å². The van der Waals surface area contributed by atoms with Gasteiger partial charge >= 0.3 is 5.69 Å². The molecule has 2 radical (unpaired) electrons. The van der Waals surface area contributed by atoms with E-state index >= 15 is 0 Å². The second-order valence-corrected chi connectivity index (χ2v) is 10.7. The van der Waals surface area contributed by atoms with E-state index in [-0.39, 0.29) is 45.3 Å². The number of nitrogens with zero attached hydrogens (tertiary/aromatic N) is 3. The minimum absolute atomic E-state index is 0.00806. The van der Waals surface area contributed by atoms with Crippen molar-refractivity contribution >= 4 is 51.4 Å². The largest absolute Gasteiger partial charge is 0.352 e. The van der Waals surface area contributed by atoms with Crippen LogP contribution in [0.25, 0.3) is 16.7 Å². The van der Waals surface area contributed by atoms with E-state index in [1.165, 1.54) is 41.9 Å². The summed E-state index contributed by atoms with van der Waals surface area (Å²) in [6.45, 7) is 0. The van der Waals surface area contributed by atoms with Crippen molar-refractivity contribution in [3.05, 3.63) is 85.5 Å². The van der Waals surface area contributed by atoms with E-state index in [1.54, 1.807) is 6.07 Å². The number of hydrogen-bond acceptors (Lipinski definition) is 6. The molecular formula is C24H21BFN5O5S. The summed E-state index contributed by atoms with van der Waals surface area (Å²) in [4.78, 5) is 40.3. The Labute approximate surface area is 211 Å². The molecule has 1 saturated carbocycles. The van der Waals surface area contributed by atoms with Crippen LogP contribution >= 0.6 is 0 Å². The fraction of sp³-hybridized carbons (Fsp3) is 0.208. The zero-order valence-electron chi connectivity index (χ0n) is 19.9. The van der Waals surface area contributed by atoms with Crippen molar-refractivity contribution in [1.29, 1.82) is 0 Å². The molecule has 0 aliphatic heterocycles.